The highest BCUT2D eigenvalue weighted by Crippen LogP contribution is 2.36. The predicted molar refractivity (Wildman–Crippen MR) is 256 cm³/mol. The van der Waals surface area contributed by atoms with Crippen LogP contribution in [0.4, 0.5) is 23.1 Å². The van der Waals surface area contributed by atoms with Crippen LogP contribution in [0.3, 0.4) is 0 Å². The van der Waals surface area contributed by atoms with Gasteiger partial charge in [-0.25, -0.2) is 15.0 Å². The number of aliphatic carboxylic acids is 1. The van der Waals surface area contributed by atoms with Gasteiger partial charge in [0.25, 0.3) is 5.97 Å². The van der Waals surface area contributed by atoms with Gasteiger partial charge in [0.15, 0.2) is 23.0 Å². The number of aryl methyl sites for hydroxylation is 2. The minimum atomic E-state index is -0.833. The summed E-state index contributed by atoms with van der Waals surface area (Å²) < 4.78 is 22.5. The van der Waals surface area contributed by atoms with E-state index in [1.165, 1.54) is 31.9 Å². The SMILES string of the molecule is CC(=O)O.CCN(C(C)C)C(C)C.COc1cc(N)cc(C)c1OC.COc1cc(Nc2ncc(Br)c(NC3CC3)n2)cc(C)c1OC.Clc1ncc(Br)c(Cl)n1.NC1CC1. The van der Waals surface area contributed by atoms with Crippen LogP contribution in [0, 0.1) is 13.8 Å². The van der Waals surface area contributed by atoms with Gasteiger partial charge in [-0.05, 0) is 140 Å². The van der Waals surface area contributed by atoms with E-state index in [-0.39, 0.29) is 5.28 Å². The Morgan fingerprint density at radius 3 is 1.74 bits per heavy atom. The molecule has 0 unspecified atom stereocenters. The van der Waals surface area contributed by atoms with E-state index in [1.54, 1.807) is 40.7 Å². The lowest BCUT2D eigenvalue weighted by molar-refractivity contribution is -0.134. The summed E-state index contributed by atoms with van der Waals surface area (Å²) in [5, 5.41) is 14.5. The van der Waals surface area contributed by atoms with E-state index >= 15 is 0 Å². The molecule has 0 amide bonds. The van der Waals surface area contributed by atoms with Gasteiger partial charge >= 0.3 is 0 Å². The molecule has 4 aromatic rings. The quantitative estimate of drug-likeness (QED) is 0.0539. The third-order valence-electron chi connectivity index (χ3n) is 8.26. The summed E-state index contributed by atoms with van der Waals surface area (Å²) in [6.45, 7) is 17.3. The zero-order chi connectivity index (χ0) is 46.4. The van der Waals surface area contributed by atoms with Crippen molar-refractivity contribution in [3.8, 4) is 23.0 Å². The molecule has 0 atom stereocenters. The highest BCUT2D eigenvalue weighted by atomic mass is 79.9. The monoisotopic (exact) mass is 1020 g/mol. The van der Waals surface area contributed by atoms with Gasteiger partial charge in [0.1, 0.15) is 11.0 Å². The van der Waals surface area contributed by atoms with Crippen molar-refractivity contribution in [1.82, 2.24) is 24.8 Å². The third-order valence-corrected chi connectivity index (χ3v) is 10.1. The standard InChI is InChI=1S/C16H19BrN4O2.C9H13NO2.C8H19N.C4HBrCl2N2.C3H7N.C2H4O2/c1-9-6-11(7-13(22-2)14(9)23-3)20-16-18-8-12(17)15(21-16)19-10-4-5-10;1-6-4-7(10)5-8(11-2)9(6)12-3;1-6-9(7(2)3)8(4)5;5-2-1-8-4(7)9-3(2)6;4-3-1-2-3;1-2(3)4/h6-8,10H,4-5H2,1-3H3,(H2,18,19,20,21);4-5H,10H2,1-3H3;7-8H,6H2,1-5H3;1H;3H,1-2,4H2;1H3,(H,3,4). The number of aromatic nitrogens is 4. The second-order valence-corrected chi connectivity index (χ2v) is 16.6. The number of nitrogens with one attached hydrogen (secondary N) is 2. The summed E-state index contributed by atoms with van der Waals surface area (Å²) in [7, 11) is 6.46. The molecule has 0 saturated heterocycles. The van der Waals surface area contributed by atoms with Crippen molar-refractivity contribution in [2.75, 3.05) is 51.4 Å². The average Bonchev–Trinajstić information content (AvgIpc) is 4.14. The average molecular weight is 1020 g/mol. The second-order valence-electron chi connectivity index (χ2n) is 14.2. The first-order valence-corrected chi connectivity index (χ1v) is 21.9. The van der Waals surface area contributed by atoms with Crippen molar-refractivity contribution in [1.29, 1.82) is 0 Å². The Bertz CT molecular complexity index is 1930. The van der Waals surface area contributed by atoms with Crippen LogP contribution in [0.1, 0.15) is 78.4 Å². The molecule has 19 heteroatoms. The second kappa shape index (κ2) is 28.7. The molecule has 61 heavy (non-hydrogen) atoms. The Morgan fingerprint density at radius 2 is 1.34 bits per heavy atom. The molecule has 0 radical (unpaired) electrons. The maximum Gasteiger partial charge on any atom is 0.300 e. The molecule has 340 valence electrons. The number of nitrogens with two attached hydrogens (primary N) is 2. The normalized spacial score (nSPS) is 12.3. The molecule has 2 aliphatic rings. The molecule has 2 fully saturated rings. The number of carbonyl (C=O) groups is 1. The molecule has 2 aliphatic carbocycles. The number of carboxylic acids is 1. The van der Waals surface area contributed by atoms with Gasteiger partial charge < -0.3 is 46.2 Å². The molecule has 7 N–H and O–H groups in total. The number of methoxy groups -OCH3 is 4. The van der Waals surface area contributed by atoms with E-state index in [1.807, 2.05) is 32.0 Å². The van der Waals surface area contributed by atoms with Crippen molar-refractivity contribution in [3.63, 3.8) is 0 Å². The van der Waals surface area contributed by atoms with E-state index in [0.29, 0.717) is 56.9 Å². The number of hydrogen-bond donors (Lipinski definition) is 5. The van der Waals surface area contributed by atoms with E-state index < -0.39 is 5.97 Å². The summed E-state index contributed by atoms with van der Waals surface area (Å²) in [4.78, 5) is 27.6. The Morgan fingerprint density at radius 1 is 0.852 bits per heavy atom. The van der Waals surface area contributed by atoms with Gasteiger partial charge in [-0.3, -0.25) is 9.69 Å². The fourth-order valence-electron chi connectivity index (χ4n) is 5.24. The summed E-state index contributed by atoms with van der Waals surface area (Å²) in [5.41, 5.74) is 14.3. The van der Waals surface area contributed by atoms with Crippen LogP contribution in [0.15, 0.2) is 45.6 Å². The van der Waals surface area contributed by atoms with E-state index in [0.717, 1.165) is 52.1 Å². The minimum absolute atomic E-state index is 0.156. The third kappa shape index (κ3) is 22.2. The van der Waals surface area contributed by atoms with Crippen LogP contribution in [-0.4, -0.2) is 95.1 Å². The van der Waals surface area contributed by atoms with Crippen LogP contribution in [-0.2, 0) is 4.79 Å². The number of nitrogen functional groups attached to an aromatic ring is 1. The smallest absolute Gasteiger partial charge is 0.300 e. The lowest BCUT2D eigenvalue weighted by Crippen LogP contribution is -2.36. The van der Waals surface area contributed by atoms with Gasteiger partial charge in [0.05, 0.1) is 37.4 Å². The topological polar surface area (TPSA) is 205 Å². The van der Waals surface area contributed by atoms with Crippen molar-refractivity contribution in [3.05, 3.63) is 67.2 Å². The van der Waals surface area contributed by atoms with Crippen LogP contribution >= 0.6 is 55.1 Å². The number of carboxylic acid groups (broad SMARTS) is 1. The fourth-order valence-corrected chi connectivity index (χ4v) is 6.04. The lowest BCUT2D eigenvalue weighted by atomic mass is 10.2. The predicted octanol–water partition coefficient (Wildman–Crippen LogP) is 10.3. The maximum absolute atomic E-state index is 9.00. The highest BCUT2D eigenvalue weighted by molar-refractivity contribution is 9.11. The zero-order valence-corrected chi connectivity index (χ0v) is 41.9. The molecular weight excluding hydrogens is 957 g/mol. The Hall–Kier alpha value is -3.87. The Balaban J connectivity index is 0.000000413. The first-order chi connectivity index (χ1) is 28.7. The molecule has 15 nitrogen and oxygen atoms in total. The largest absolute Gasteiger partial charge is 0.493 e. The summed E-state index contributed by atoms with van der Waals surface area (Å²) in [5.74, 6) is 3.32. The molecule has 2 aromatic heterocycles. The number of benzene rings is 2. The van der Waals surface area contributed by atoms with Gasteiger partial charge in [-0.15, -0.1) is 0 Å². The molecular formula is C42H63Br2Cl2N9O6. The maximum atomic E-state index is 9.00. The van der Waals surface area contributed by atoms with Crippen LogP contribution in [0.5, 0.6) is 23.0 Å². The fraction of sp³-hybridized carbons (Fsp3) is 0.500. The van der Waals surface area contributed by atoms with E-state index in [9.17, 15) is 0 Å². The van der Waals surface area contributed by atoms with E-state index in [2.05, 4.69) is 102 Å². The number of halogens is 4. The lowest BCUT2D eigenvalue weighted by Gasteiger charge is -2.28. The molecule has 2 aromatic carbocycles. The van der Waals surface area contributed by atoms with Gasteiger partial charge in [-0.1, -0.05) is 18.5 Å². The van der Waals surface area contributed by atoms with Crippen molar-refractivity contribution in [2.24, 2.45) is 5.73 Å². The number of rotatable bonds is 11. The van der Waals surface area contributed by atoms with Crippen molar-refractivity contribution < 1.29 is 28.8 Å². The molecule has 0 aliphatic heterocycles. The molecule has 2 saturated carbocycles. The highest BCUT2D eigenvalue weighted by Gasteiger charge is 2.23. The first kappa shape index (κ1) is 55.1. The number of hydrogen-bond acceptors (Lipinski definition) is 14. The summed E-state index contributed by atoms with van der Waals surface area (Å²) >= 11 is 17.5. The molecule has 6 rings (SSSR count). The Kier molecular flexibility index (Phi) is 25.9. The summed E-state index contributed by atoms with van der Waals surface area (Å²) in [6, 6.07) is 9.92. The van der Waals surface area contributed by atoms with Gasteiger partial charge in [-0.2, -0.15) is 4.98 Å². The molecule has 2 heterocycles. The zero-order valence-electron chi connectivity index (χ0n) is 37.2. The summed E-state index contributed by atoms with van der Waals surface area (Å²) in [6.07, 6.45) is 8.15. The van der Waals surface area contributed by atoms with E-state index in [4.69, 9.17) is 63.5 Å². The van der Waals surface area contributed by atoms with Crippen molar-refractivity contribution in [2.45, 2.75) is 105 Å². The molecule has 0 bridgehead atoms. The van der Waals surface area contributed by atoms with Gasteiger partial charge in [0.2, 0.25) is 11.2 Å². The minimum Gasteiger partial charge on any atom is -0.493 e. The first-order valence-electron chi connectivity index (χ1n) is 19.5. The van der Waals surface area contributed by atoms with Crippen LogP contribution < -0.4 is 41.0 Å². The Labute approximate surface area is 388 Å². The van der Waals surface area contributed by atoms with Gasteiger partial charge in [0, 0.05) is 67.0 Å². The van der Waals surface area contributed by atoms with Crippen LogP contribution in [0.2, 0.25) is 10.4 Å². The van der Waals surface area contributed by atoms with Crippen LogP contribution in [0.25, 0.3) is 0 Å². The molecule has 0 spiro atoms. The van der Waals surface area contributed by atoms with Crippen molar-refractivity contribution >= 4 is 84.2 Å². The number of anilines is 4. The number of nitrogens with zero attached hydrogens (tertiary/aromatic N) is 5. The number of ether oxygens (including phenoxy) is 4.